The van der Waals surface area contributed by atoms with Crippen LogP contribution < -0.4 is 4.90 Å². The van der Waals surface area contributed by atoms with Crippen molar-refractivity contribution in [2.24, 2.45) is 0 Å². The van der Waals surface area contributed by atoms with Gasteiger partial charge in [-0.05, 0) is 19.9 Å². The number of nitro groups is 1. The molecule has 0 radical (unpaired) electrons. The number of likely N-dealkylation sites (N-methyl/N-ethyl adjacent to an activating group) is 1. The first-order valence-electron chi connectivity index (χ1n) is 5.56. The Morgan fingerprint density at radius 2 is 2.00 bits per heavy atom. The summed E-state index contributed by atoms with van der Waals surface area (Å²) in [6, 6.07) is 4.32. The minimum Gasteiger partial charge on any atom is -0.394 e. The fourth-order valence-corrected chi connectivity index (χ4v) is 1.57. The van der Waals surface area contributed by atoms with E-state index in [1.807, 2.05) is 13.8 Å². The molecule has 6 heteroatoms. The Bertz CT molecular complexity index is 446. The Kier molecular flexibility index (Phi) is 4.26. The summed E-state index contributed by atoms with van der Waals surface area (Å²) in [4.78, 5) is 12.0. The van der Waals surface area contributed by atoms with Crippen LogP contribution in [0, 0.1) is 10.1 Å². The van der Waals surface area contributed by atoms with Crippen LogP contribution in [0.2, 0.25) is 0 Å². The zero-order valence-electron chi connectivity index (χ0n) is 10.8. The zero-order chi connectivity index (χ0) is 13.9. The van der Waals surface area contributed by atoms with Crippen LogP contribution in [0.3, 0.4) is 0 Å². The third-order valence-corrected chi connectivity index (χ3v) is 3.10. The van der Waals surface area contributed by atoms with Crippen molar-refractivity contribution < 1.29 is 15.1 Å². The summed E-state index contributed by atoms with van der Waals surface area (Å²) in [6.07, 6.45) is 0. The summed E-state index contributed by atoms with van der Waals surface area (Å²) < 4.78 is 0. The minimum absolute atomic E-state index is 0.0574. The van der Waals surface area contributed by atoms with Gasteiger partial charge >= 0.3 is 0 Å². The Balaban J connectivity index is 3.21. The van der Waals surface area contributed by atoms with Crippen molar-refractivity contribution in [2.75, 3.05) is 18.6 Å². The summed E-state index contributed by atoms with van der Waals surface area (Å²) in [7, 11) is 1.77. The smallest absolute Gasteiger partial charge is 0.269 e. The minimum atomic E-state index is -0.514. The van der Waals surface area contributed by atoms with Crippen molar-refractivity contribution >= 4 is 11.4 Å². The molecular formula is C12H18N2O4. The molecule has 0 aliphatic carbocycles. The molecule has 0 atom stereocenters. The second-order valence-corrected chi connectivity index (χ2v) is 4.76. The van der Waals surface area contributed by atoms with E-state index in [1.54, 1.807) is 18.0 Å². The molecule has 0 aliphatic rings. The Hall–Kier alpha value is -1.66. The maximum atomic E-state index is 10.7. The molecule has 0 saturated heterocycles. The van der Waals surface area contributed by atoms with Gasteiger partial charge in [0.1, 0.15) is 0 Å². The van der Waals surface area contributed by atoms with Gasteiger partial charge in [0.15, 0.2) is 0 Å². The second kappa shape index (κ2) is 5.32. The topological polar surface area (TPSA) is 86.8 Å². The van der Waals surface area contributed by atoms with Gasteiger partial charge in [0, 0.05) is 30.4 Å². The van der Waals surface area contributed by atoms with E-state index < -0.39 is 10.5 Å². The van der Waals surface area contributed by atoms with Crippen LogP contribution in [0.1, 0.15) is 19.4 Å². The van der Waals surface area contributed by atoms with E-state index in [4.69, 9.17) is 0 Å². The van der Waals surface area contributed by atoms with Crippen molar-refractivity contribution in [1.29, 1.82) is 0 Å². The lowest BCUT2D eigenvalue weighted by Gasteiger charge is -2.36. The molecule has 0 fully saturated rings. The van der Waals surface area contributed by atoms with E-state index in [1.165, 1.54) is 12.1 Å². The molecule has 0 amide bonds. The van der Waals surface area contributed by atoms with Gasteiger partial charge in [0.05, 0.1) is 23.7 Å². The predicted molar refractivity (Wildman–Crippen MR) is 68.6 cm³/mol. The number of hydrogen-bond donors (Lipinski definition) is 2. The summed E-state index contributed by atoms with van der Waals surface area (Å²) in [6.45, 7) is 3.33. The summed E-state index contributed by atoms with van der Waals surface area (Å²) >= 11 is 0. The molecule has 0 aromatic heterocycles. The van der Waals surface area contributed by atoms with E-state index in [0.29, 0.717) is 11.3 Å². The highest BCUT2D eigenvalue weighted by atomic mass is 16.6. The van der Waals surface area contributed by atoms with Crippen LogP contribution in [0.15, 0.2) is 18.2 Å². The Morgan fingerprint density at radius 3 is 2.44 bits per heavy atom. The lowest BCUT2D eigenvalue weighted by atomic mass is 10.0. The molecule has 0 bridgehead atoms. The van der Waals surface area contributed by atoms with Crippen LogP contribution in [0.4, 0.5) is 11.4 Å². The number of rotatable bonds is 5. The molecule has 0 unspecified atom stereocenters. The lowest BCUT2D eigenvalue weighted by molar-refractivity contribution is -0.384. The summed E-state index contributed by atoms with van der Waals surface area (Å²) in [5.74, 6) is 0. The van der Waals surface area contributed by atoms with Crippen LogP contribution in [-0.4, -0.2) is 34.3 Å². The molecule has 1 aromatic rings. The molecule has 0 spiro atoms. The molecule has 18 heavy (non-hydrogen) atoms. The van der Waals surface area contributed by atoms with E-state index in [9.17, 15) is 20.3 Å². The van der Waals surface area contributed by atoms with Crippen LogP contribution in [-0.2, 0) is 6.61 Å². The average molecular weight is 254 g/mol. The van der Waals surface area contributed by atoms with E-state index in [0.717, 1.165) is 0 Å². The van der Waals surface area contributed by atoms with Gasteiger partial charge in [0.2, 0.25) is 0 Å². The maximum absolute atomic E-state index is 10.7. The zero-order valence-corrected chi connectivity index (χ0v) is 10.8. The number of non-ortho nitro benzene ring substituents is 1. The number of anilines is 1. The highest BCUT2D eigenvalue weighted by molar-refractivity contribution is 5.58. The normalized spacial score (nSPS) is 11.4. The highest BCUT2D eigenvalue weighted by Crippen LogP contribution is 2.29. The Morgan fingerprint density at radius 1 is 1.39 bits per heavy atom. The summed E-state index contributed by atoms with van der Waals surface area (Å²) in [5.41, 5.74) is 0.563. The van der Waals surface area contributed by atoms with Gasteiger partial charge in [-0.1, -0.05) is 0 Å². The number of aliphatic hydroxyl groups is 2. The van der Waals surface area contributed by atoms with Crippen molar-refractivity contribution in [2.45, 2.75) is 26.0 Å². The monoisotopic (exact) mass is 254 g/mol. The third kappa shape index (κ3) is 2.77. The van der Waals surface area contributed by atoms with Gasteiger partial charge < -0.3 is 15.1 Å². The van der Waals surface area contributed by atoms with Crippen molar-refractivity contribution in [3.05, 3.63) is 33.9 Å². The van der Waals surface area contributed by atoms with Crippen molar-refractivity contribution in [1.82, 2.24) is 0 Å². The van der Waals surface area contributed by atoms with Crippen molar-refractivity contribution in [3.8, 4) is 0 Å². The Labute approximate surface area is 106 Å². The molecular weight excluding hydrogens is 236 g/mol. The molecule has 6 nitrogen and oxygen atoms in total. The molecule has 1 rings (SSSR count). The number of nitro benzene ring substituents is 1. The predicted octanol–water partition coefficient (Wildman–Crippen LogP) is 1.29. The second-order valence-electron chi connectivity index (χ2n) is 4.76. The molecule has 0 saturated carbocycles. The van der Waals surface area contributed by atoms with Crippen LogP contribution in [0.5, 0.6) is 0 Å². The van der Waals surface area contributed by atoms with Gasteiger partial charge in [0.25, 0.3) is 5.69 Å². The standard InChI is InChI=1S/C12H18N2O4/c1-12(2,8-16)13(3)11-5-4-10(14(17)18)6-9(11)7-15/h4-6,15-16H,7-8H2,1-3H3. The maximum Gasteiger partial charge on any atom is 0.269 e. The van der Waals surface area contributed by atoms with Crippen LogP contribution >= 0.6 is 0 Å². The quantitative estimate of drug-likeness (QED) is 0.610. The first-order valence-corrected chi connectivity index (χ1v) is 5.56. The lowest BCUT2D eigenvalue weighted by Crippen LogP contribution is -2.44. The average Bonchev–Trinajstić information content (AvgIpc) is 2.36. The highest BCUT2D eigenvalue weighted by Gasteiger charge is 2.25. The van der Waals surface area contributed by atoms with E-state index in [-0.39, 0.29) is 18.9 Å². The largest absolute Gasteiger partial charge is 0.394 e. The van der Waals surface area contributed by atoms with Gasteiger partial charge in [-0.3, -0.25) is 10.1 Å². The molecule has 1 aromatic carbocycles. The fraction of sp³-hybridized carbons (Fsp3) is 0.500. The molecule has 0 aliphatic heterocycles. The van der Waals surface area contributed by atoms with Gasteiger partial charge in [-0.15, -0.1) is 0 Å². The number of aliphatic hydroxyl groups excluding tert-OH is 2. The van der Waals surface area contributed by atoms with Gasteiger partial charge in [-0.2, -0.15) is 0 Å². The van der Waals surface area contributed by atoms with Gasteiger partial charge in [-0.25, -0.2) is 0 Å². The van der Waals surface area contributed by atoms with E-state index in [2.05, 4.69) is 0 Å². The number of nitrogens with zero attached hydrogens (tertiary/aromatic N) is 2. The number of hydrogen-bond acceptors (Lipinski definition) is 5. The third-order valence-electron chi connectivity index (χ3n) is 3.10. The van der Waals surface area contributed by atoms with Crippen molar-refractivity contribution in [3.63, 3.8) is 0 Å². The first-order chi connectivity index (χ1) is 8.33. The SMILES string of the molecule is CN(c1ccc([N+](=O)[O-])cc1CO)C(C)(C)CO. The number of benzene rings is 1. The molecule has 100 valence electrons. The van der Waals surface area contributed by atoms with Crippen LogP contribution in [0.25, 0.3) is 0 Å². The first kappa shape index (κ1) is 14.4. The van der Waals surface area contributed by atoms with E-state index >= 15 is 0 Å². The fourth-order valence-electron chi connectivity index (χ4n) is 1.57. The molecule has 2 N–H and O–H groups in total. The summed E-state index contributed by atoms with van der Waals surface area (Å²) in [5, 5.41) is 29.3. The molecule has 0 heterocycles.